The van der Waals surface area contributed by atoms with Gasteiger partial charge in [0.25, 0.3) is 0 Å². The number of fused-ring (bicyclic) bond motifs is 2. The predicted molar refractivity (Wildman–Crippen MR) is 142 cm³/mol. The summed E-state index contributed by atoms with van der Waals surface area (Å²) in [7, 11) is 3.40. The molecule has 1 fully saturated rings. The molecule has 0 radical (unpaired) electrons. The third-order valence-electron chi connectivity index (χ3n) is 7.10. The van der Waals surface area contributed by atoms with E-state index in [2.05, 4.69) is 35.0 Å². The normalized spacial score (nSPS) is 19.8. The van der Waals surface area contributed by atoms with Gasteiger partial charge >= 0.3 is 0 Å². The number of nitrogens with zero attached hydrogens (tertiary/aromatic N) is 1. The van der Waals surface area contributed by atoms with E-state index < -0.39 is 6.10 Å². The summed E-state index contributed by atoms with van der Waals surface area (Å²) in [5.74, 6) is 3.01. The summed E-state index contributed by atoms with van der Waals surface area (Å²) in [6.07, 6.45) is 1.61. The minimum Gasteiger partial charge on any atom is -0.497 e. The van der Waals surface area contributed by atoms with Gasteiger partial charge in [-0.25, -0.2) is 0 Å². The minimum atomic E-state index is -0.537. The van der Waals surface area contributed by atoms with Crippen molar-refractivity contribution in [2.24, 2.45) is 0 Å². The van der Waals surface area contributed by atoms with Crippen LogP contribution in [0.4, 0.5) is 0 Å². The third kappa shape index (κ3) is 4.99. The van der Waals surface area contributed by atoms with Crippen LogP contribution in [0.3, 0.4) is 0 Å². The zero-order valence-corrected chi connectivity index (χ0v) is 21.7. The zero-order valence-electron chi connectivity index (χ0n) is 20.8. The number of ether oxygens (including phenoxy) is 3. The van der Waals surface area contributed by atoms with Crippen molar-refractivity contribution >= 4 is 32.3 Å². The van der Waals surface area contributed by atoms with Gasteiger partial charge in [0.2, 0.25) is 0 Å². The molecule has 3 atom stereocenters. The number of aliphatic hydroxyl groups excluding tert-OH is 1. The number of likely N-dealkylation sites (tertiary alicyclic amines) is 1. The van der Waals surface area contributed by atoms with Crippen LogP contribution in [-0.4, -0.2) is 61.1 Å². The van der Waals surface area contributed by atoms with Crippen LogP contribution in [0.2, 0.25) is 0 Å². The molecule has 6 nitrogen and oxygen atoms in total. The minimum absolute atomic E-state index is 0.286. The van der Waals surface area contributed by atoms with Crippen molar-refractivity contribution in [1.29, 1.82) is 0 Å². The lowest BCUT2D eigenvalue weighted by Crippen LogP contribution is -2.45. The Bertz CT molecular complexity index is 1310. The quantitative estimate of drug-likeness (QED) is 0.328. The van der Waals surface area contributed by atoms with Crippen molar-refractivity contribution in [2.45, 2.75) is 44.8 Å². The Kier molecular flexibility index (Phi) is 6.91. The monoisotopic (exact) mass is 494 g/mol. The molecule has 0 unspecified atom stereocenters. The van der Waals surface area contributed by atoms with E-state index in [1.54, 1.807) is 14.2 Å². The van der Waals surface area contributed by atoms with Gasteiger partial charge in [0.1, 0.15) is 30.0 Å². The SMILES string of the molecule is COc1cc(OC)c2cc([C@@H]3CCN(C[C@H](O)COc4cccc5[nH]c(C)cc45)[C@@H](C)C3)sc2c1. The number of β-amino-alcohol motifs (C(OH)–C–C–N with tert-alkyl or cyclic N) is 1. The Balaban J connectivity index is 1.20. The van der Waals surface area contributed by atoms with Gasteiger partial charge in [-0.3, -0.25) is 4.90 Å². The molecule has 1 saturated heterocycles. The Morgan fingerprint density at radius 3 is 2.74 bits per heavy atom. The first-order chi connectivity index (χ1) is 16.9. The van der Waals surface area contributed by atoms with Crippen LogP contribution in [0.15, 0.2) is 42.5 Å². The second-order valence-corrected chi connectivity index (χ2v) is 10.7. The number of benzene rings is 2. The van der Waals surface area contributed by atoms with Crippen LogP contribution in [0.1, 0.15) is 36.3 Å². The summed E-state index contributed by atoms with van der Waals surface area (Å²) in [4.78, 5) is 7.12. The molecule has 7 heteroatoms. The lowest BCUT2D eigenvalue weighted by atomic mass is 9.90. The molecule has 0 aliphatic carbocycles. The largest absolute Gasteiger partial charge is 0.497 e. The third-order valence-corrected chi connectivity index (χ3v) is 8.34. The second kappa shape index (κ2) is 10.1. The molecule has 2 aromatic heterocycles. The van der Waals surface area contributed by atoms with Crippen LogP contribution >= 0.6 is 11.3 Å². The molecule has 0 spiro atoms. The van der Waals surface area contributed by atoms with E-state index in [4.69, 9.17) is 14.2 Å². The number of rotatable bonds is 8. The molecular weight excluding hydrogens is 460 g/mol. The molecule has 35 heavy (non-hydrogen) atoms. The number of methoxy groups -OCH3 is 2. The molecule has 0 amide bonds. The summed E-state index contributed by atoms with van der Waals surface area (Å²) in [5, 5.41) is 13.0. The van der Waals surface area contributed by atoms with E-state index in [-0.39, 0.29) is 6.61 Å². The van der Waals surface area contributed by atoms with Gasteiger partial charge in [0.05, 0.1) is 14.2 Å². The molecular formula is C28H34N2O4S. The van der Waals surface area contributed by atoms with E-state index in [9.17, 15) is 5.11 Å². The highest BCUT2D eigenvalue weighted by molar-refractivity contribution is 7.19. The summed E-state index contributed by atoms with van der Waals surface area (Å²) in [5.41, 5.74) is 2.16. The van der Waals surface area contributed by atoms with Gasteiger partial charge in [-0.05, 0) is 69.5 Å². The molecule has 1 aliphatic heterocycles. The fourth-order valence-corrected chi connectivity index (χ4v) is 6.50. The molecule has 2 aromatic carbocycles. The Morgan fingerprint density at radius 2 is 1.97 bits per heavy atom. The lowest BCUT2D eigenvalue weighted by Gasteiger charge is -2.38. The number of hydrogen-bond donors (Lipinski definition) is 2. The number of aromatic nitrogens is 1. The van der Waals surface area contributed by atoms with Crippen LogP contribution in [0, 0.1) is 6.92 Å². The van der Waals surface area contributed by atoms with Crippen LogP contribution in [0.25, 0.3) is 21.0 Å². The molecule has 0 saturated carbocycles. The average molecular weight is 495 g/mol. The van der Waals surface area contributed by atoms with Gasteiger partial charge in [0, 0.05) is 50.2 Å². The number of H-pyrrole nitrogens is 1. The number of nitrogens with one attached hydrogen (secondary N) is 1. The highest BCUT2D eigenvalue weighted by Gasteiger charge is 2.29. The van der Waals surface area contributed by atoms with E-state index >= 15 is 0 Å². The fourth-order valence-electron chi connectivity index (χ4n) is 5.24. The smallest absolute Gasteiger partial charge is 0.131 e. The molecule has 186 valence electrons. The average Bonchev–Trinajstić information content (AvgIpc) is 3.46. The number of aryl methyl sites for hydroxylation is 1. The Hall–Kier alpha value is -2.74. The van der Waals surface area contributed by atoms with E-state index in [1.807, 2.05) is 42.5 Å². The van der Waals surface area contributed by atoms with Gasteiger partial charge in [-0.2, -0.15) is 0 Å². The van der Waals surface area contributed by atoms with Crippen molar-refractivity contribution in [3.8, 4) is 17.2 Å². The molecule has 5 rings (SSSR count). The van der Waals surface area contributed by atoms with Crippen molar-refractivity contribution < 1.29 is 19.3 Å². The van der Waals surface area contributed by atoms with Crippen molar-refractivity contribution in [1.82, 2.24) is 9.88 Å². The number of piperidine rings is 1. The second-order valence-electron chi connectivity index (χ2n) is 9.59. The summed E-state index contributed by atoms with van der Waals surface area (Å²) in [6.45, 7) is 6.17. The summed E-state index contributed by atoms with van der Waals surface area (Å²) >= 11 is 1.84. The molecule has 4 aromatic rings. The van der Waals surface area contributed by atoms with Crippen LogP contribution in [-0.2, 0) is 0 Å². The molecule has 0 bridgehead atoms. The molecule has 3 heterocycles. The lowest BCUT2D eigenvalue weighted by molar-refractivity contribution is 0.0408. The van der Waals surface area contributed by atoms with Gasteiger partial charge in [0.15, 0.2) is 0 Å². The highest BCUT2D eigenvalue weighted by atomic mass is 32.1. The number of aromatic amines is 1. The Morgan fingerprint density at radius 1 is 1.11 bits per heavy atom. The van der Waals surface area contributed by atoms with Gasteiger partial charge in [-0.15, -0.1) is 11.3 Å². The van der Waals surface area contributed by atoms with Crippen LogP contribution < -0.4 is 14.2 Å². The highest BCUT2D eigenvalue weighted by Crippen LogP contribution is 2.42. The fraction of sp³-hybridized carbons (Fsp3) is 0.429. The Labute approximate surface area is 210 Å². The maximum Gasteiger partial charge on any atom is 0.131 e. The maximum atomic E-state index is 10.7. The van der Waals surface area contributed by atoms with E-state index in [1.165, 1.54) is 9.58 Å². The molecule has 1 aliphatic rings. The predicted octanol–water partition coefficient (Wildman–Crippen LogP) is 5.72. The topological polar surface area (TPSA) is 67.0 Å². The van der Waals surface area contributed by atoms with E-state index in [0.29, 0.717) is 18.5 Å². The van der Waals surface area contributed by atoms with Gasteiger partial charge < -0.3 is 24.3 Å². The first kappa shape index (κ1) is 24.0. The zero-order chi connectivity index (χ0) is 24.5. The standard InChI is InChI=1S/C28H34N2O4S/c1-17-10-22-24(29-17)6-5-7-25(22)34-16-20(31)15-30-9-8-19(11-18(30)2)27-14-23-26(33-4)12-21(32-3)13-28(23)35-27/h5-7,10,12-14,18-20,29,31H,8-9,11,15-16H2,1-4H3/t18-,19+,20-/m0/s1. The van der Waals surface area contributed by atoms with Crippen molar-refractivity contribution in [3.05, 3.63) is 53.0 Å². The van der Waals surface area contributed by atoms with Gasteiger partial charge in [-0.1, -0.05) is 6.07 Å². The maximum absolute atomic E-state index is 10.7. The number of thiophene rings is 1. The van der Waals surface area contributed by atoms with E-state index in [0.717, 1.165) is 58.6 Å². The van der Waals surface area contributed by atoms with Crippen molar-refractivity contribution in [2.75, 3.05) is 33.9 Å². The summed E-state index contributed by atoms with van der Waals surface area (Å²) in [6, 6.07) is 14.8. The first-order valence-electron chi connectivity index (χ1n) is 12.2. The molecule has 2 N–H and O–H groups in total. The number of hydrogen-bond acceptors (Lipinski definition) is 6. The number of aliphatic hydroxyl groups is 1. The van der Waals surface area contributed by atoms with Crippen LogP contribution in [0.5, 0.6) is 17.2 Å². The summed E-state index contributed by atoms with van der Waals surface area (Å²) < 4.78 is 18.3. The first-order valence-corrected chi connectivity index (χ1v) is 13.1. The van der Waals surface area contributed by atoms with Crippen molar-refractivity contribution in [3.63, 3.8) is 0 Å².